The van der Waals surface area contributed by atoms with Crippen LogP contribution in [0, 0.1) is 5.92 Å². The molecular weight excluding hydrogens is 174 g/mol. The third-order valence-corrected chi connectivity index (χ3v) is 2.90. The number of aliphatic hydroxyl groups excluding tert-OH is 1. The average Bonchev–Trinajstić information content (AvgIpc) is 2.62. The number of hydrogen-bond acceptors (Lipinski definition) is 1. The second-order valence-corrected chi connectivity index (χ2v) is 3.94. The van der Waals surface area contributed by atoms with Crippen LogP contribution in [0.5, 0.6) is 0 Å². The summed E-state index contributed by atoms with van der Waals surface area (Å²) < 4.78 is 2.17. The molecule has 0 aliphatic rings. The van der Waals surface area contributed by atoms with Crippen LogP contribution in [-0.2, 0) is 6.54 Å². The summed E-state index contributed by atoms with van der Waals surface area (Å²) in [7, 11) is 0. The van der Waals surface area contributed by atoms with Crippen molar-refractivity contribution in [1.29, 1.82) is 0 Å². The number of aromatic nitrogens is 1. The molecule has 1 unspecified atom stereocenters. The van der Waals surface area contributed by atoms with Crippen molar-refractivity contribution in [2.45, 2.75) is 46.3 Å². The van der Waals surface area contributed by atoms with Crippen LogP contribution in [0.2, 0.25) is 0 Å². The van der Waals surface area contributed by atoms with E-state index in [9.17, 15) is 5.11 Å². The second kappa shape index (κ2) is 5.20. The van der Waals surface area contributed by atoms with E-state index in [1.165, 1.54) is 12.8 Å². The molecule has 2 heteroatoms. The molecule has 1 N–H and O–H groups in total. The Morgan fingerprint density at radius 3 is 2.50 bits per heavy atom. The minimum absolute atomic E-state index is 0.362. The van der Waals surface area contributed by atoms with E-state index in [0.717, 1.165) is 18.2 Å². The molecule has 0 saturated heterocycles. The highest BCUT2D eigenvalue weighted by atomic mass is 16.3. The zero-order valence-corrected chi connectivity index (χ0v) is 9.40. The Morgan fingerprint density at radius 2 is 2.00 bits per heavy atom. The van der Waals surface area contributed by atoms with Gasteiger partial charge in [-0.2, -0.15) is 0 Å². The van der Waals surface area contributed by atoms with Gasteiger partial charge in [0.15, 0.2) is 0 Å². The van der Waals surface area contributed by atoms with E-state index in [-0.39, 0.29) is 6.10 Å². The van der Waals surface area contributed by atoms with Crippen molar-refractivity contribution in [2.75, 3.05) is 0 Å². The molecule has 0 aliphatic heterocycles. The van der Waals surface area contributed by atoms with Crippen LogP contribution < -0.4 is 0 Å². The minimum atomic E-state index is -0.362. The predicted molar refractivity (Wildman–Crippen MR) is 59.1 cm³/mol. The molecule has 0 aliphatic carbocycles. The van der Waals surface area contributed by atoms with Gasteiger partial charge in [-0.3, -0.25) is 0 Å². The number of aliphatic hydroxyl groups is 1. The number of rotatable bonds is 5. The Bertz CT molecular complexity index is 261. The third kappa shape index (κ3) is 2.61. The summed E-state index contributed by atoms with van der Waals surface area (Å²) in [5.41, 5.74) is 1.02. The lowest BCUT2D eigenvalue weighted by Crippen LogP contribution is -2.12. The Morgan fingerprint density at radius 1 is 1.36 bits per heavy atom. The van der Waals surface area contributed by atoms with Gasteiger partial charge in [0.25, 0.3) is 0 Å². The van der Waals surface area contributed by atoms with Crippen LogP contribution in [0.4, 0.5) is 0 Å². The van der Waals surface area contributed by atoms with E-state index in [4.69, 9.17) is 0 Å². The Labute approximate surface area is 86.6 Å². The SMILES string of the molecule is CCC(CC)Cn1cccc1C(C)O. The average molecular weight is 195 g/mol. The van der Waals surface area contributed by atoms with Crippen molar-refractivity contribution in [1.82, 2.24) is 4.57 Å². The van der Waals surface area contributed by atoms with Crippen LogP contribution in [-0.4, -0.2) is 9.67 Å². The summed E-state index contributed by atoms with van der Waals surface area (Å²) in [5.74, 6) is 0.722. The van der Waals surface area contributed by atoms with Gasteiger partial charge in [0, 0.05) is 18.4 Å². The molecule has 80 valence electrons. The fourth-order valence-electron chi connectivity index (χ4n) is 1.80. The molecule has 1 aromatic heterocycles. The highest BCUT2D eigenvalue weighted by Crippen LogP contribution is 2.17. The molecule has 1 aromatic rings. The summed E-state index contributed by atoms with van der Waals surface area (Å²) >= 11 is 0. The monoisotopic (exact) mass is 195 g/mol. The molecule has 0 amide bonds. The standard InChI is InChI=1S/C12H21NO/c1-4-11(5-2)9-13-8-6-7-12(13)10(3)14/h6-8,10-11,14H,4-5,9H2,1-3H3. The Kier molecular flexibility index (Phi) is 4.21. The normalized spacial score (nSPS) is 13.5. The summed E-state index contributed by atoms with van der Waals surface area (Å²) in [5, 5.41) is 9.53. The first-order valence-corrected chi connectivity index (χ1v) is 5.52. The molecular formula is C12H21NO. The van der Waals surface area contributed by atoms with Crippen LogP contribution in [0.15, 0.2) is 18.3 Å². The molecule has 1 heterocycles. The van der Waals surface area contributed by atoms with Gasteiger partial charge in [-0.15, -0.1) is 0 Å². The van der Waals surface area contributed by atoms with Gasteiger partial charge in [0.1, 0.15) is 0 Å². The summed E-state index contributed by atoms with van der Waals surface area (Å²) in [4.78, 5) is 0. The largest absolute Gasteiger partial charge is 0.387 e. The molecule has 0 saturated carbocycles. The first kappa shape index (κ1) is 11.3. The molecule has 0 fully saturated rings. The smallest absolute Gasteiger partial charge is 0.0911 e. The Hall–Kier alpha value is -0.760. The van der Waals surface area contributed by atoms with Gasteiger partial charge in [-0.25, -0.2) is 0 Å². The molecule has 0 spiro atoms. The quantitative estimate of drug-likeness (QED) is 0.767. The van der Waals surface area contributed by atoms with E-state index in [0.29, 0.717) is 0 Å². The number of nitrogens with zero attached hydrogens (tertiary/aromatic N) is 1. The van der Waals surface area contributed by atoms with Gasteiger partial charge in [0.05, 0.1) is 6.10 Å². The van der Waals surface area contributed by atoms with Crippen LogP contribution in [0.25, 0.3) is 0 Å². The summed E-state index contributed by atoms with van der Waals surface area (Å²) in [6, 6.07) is 4.00. The van der Waals surface area contributed by atoms with Crippen LogP contribution in [0.1, 0.15) is 45.4 Å². The van der Waals surface area contributed by atoms with Gasteiger partial charge < -0.3 is 9.67 Å². The molecule has 2 nitrogen and oxygen atoms in total. The fourth-order valence-corrected chi connectivity index (χ4v) is 1.80. The maximum atomic E-state index is 9.53. The van der Waals surface area contributed by atoms with Gasteiger partial charge in [0.2, 0.25) is 0 Å². The minimum Gasteiger partial charge on any atom is -0.387 e. The van der Waals surface area contributed by atoms with Crippen molar-refractivity contribution >= 4 is 0 Å². The molecule has 1 atom stereocenters. The van der Waals surface area contributed by atoms with E-state index in [1.807, 2.05) is 19.1 Å². The van der Waals surface area contributed by atoms with Crippen LogP contribution >= 0.6 is 0 Å². The van der Waals surface area contributed by atoms with Gasteiger partial charge >= 0.3 is 0 Å². The van der Waals surface area contributed by atoms with E-state index in [1.54, 1.807) is 0 Å². The lowest BCUT2D eigenvalue weighted by atomic mass is 10.0. The lowest BCUT2D eigenvalue weighted by Gasteiger charge is -2.17. The van der Waals surface area contributed by atoms with Crippen molar-refractivity contribution in [3.63, 3.8) is 0 Å². The van der Waals surface area contributed by atoms with Crippen molar-refractivity contribution in [3.05, 3.63) is 24.0 Å². The maximum absolute atomic E-state index is 9.53. The van der Waals surface area contributed by atoms with Crippen molar-refractivity contribution < 1.29 is 5.11 Å². The fraction of sp³-hybridized carbons (Fsp3) is 0.667. The Balaban J connectivity index is 2.70. The van der Waals surface area contributed by atoms with Crippen molar-refractivity contribution in [3.8, 4) is 0 Å². The maximum Gasteiger partial charge on any atom is 0.0911 e. The lowest BCUT2D eigenvalue weighted by molar-refractivity contribution is 0.186. The summed E-state index contributed by atoms with van der Waals surface area (Å²) in [6.07, 6.45) is 4.10. The van der Waals surface area contributed by atoms with E-state index < -0.39 is 0 Å². The second-order valence-electron chi connectivity index (χ2n) is 3.94. The zero-order valence-electron chi connectivity index (χ0n) is 9.40. The number of hydrogen-bond donors (Lipinski definition) is 1. The molecule has 14 heavy (non-hydrogen) atoms. The highest BCUT2D eigenvalue weighted by Gasteiger charge is 2.10. The first-order chi connectivity index (χ1) is 6.69. The van der Waals surface area contributed by atoms with Gasteiger partial charge in [-0.05, 0) is 25.0 Å². The van der Waals surface area contributed by atoms with E-state index in [2.05, 4.69) is 24.6 Å². The highest BCUT2D eigenvalue weighted by molar-refractivity contribution is 5.09. The summed E-state index contributed by atoms with van der Waals surface area (Å²) in [6.45, 7) is 7.29. The van der Waals surface area contributed by atoms with Crippen LogP contribution in [0.3, 0.4) is 0 Å². The van der Waals surface area contributed by atoms with Crippen molar-refractivity contribution in [2.24, 2.45) is 5.92 Å². The van der Waals surface area contributed by atoms with Gasteiger partial charge in [-0.1, -0.05) is 26.7 Å². The third-order valence-electron chi connectivity index (χ3n) is 2.90. The topological polar surface area (TPSA) is 25.2 Å². The molecule has 0 bridgehead atoms. The predicted octanol–water partition coefficient (Wildman–Crippen LogP) is 2.98. The first-order valence-electron chi connectivity index (χ1n) is 5.52. The molecule has 0 radical (unpaired) electrons. The van der Waals surface area contributed by atoms with E-state index >= 15 is 0 Å². The molecule has 1 rings (SSSR count). The zero-order chi connectivity index (χ0) is 10.6. The molecule has 0 aromatic carbocycles.